The molecule has 0 bridgehead atoms. The molecule has 0 unspecified atom stereocenters. The van der Waals surface area contributed by atoms with Gasteiger partial charge >= 0.3 is 0 Å². The smallest absolute Gasteiger partial charge is 0.253 e. The summed E-state index contributed by atoms with van der Waals surface area (Å²) >= 11 is 0. The summed E-state index contributed by atoms with van der Waals surface area (Å²) in [6.45, 7) is 4.73. The number of carbonyl (C=O) groups excluding carboxylic acids is 1. The summed E-state index contributed by atoms with van der Waals surface area (Å²) in [4.78, 5) is 29.1. The lowest BCUT2D eigenvalue weighted by Gasteiger charge is -2.27. The number of amides is 1. The molecule has 0 saturated carbocycles. The van der Waals surface area contributed by atoms with Gasteiger partial charge in [-0.25, -0.2) is 4.39 Å². The predicted molar refractivity (Wildman–Crippen MR) is 127 cm³/mol. The number of nitrogens with one attached hydrogen (secondary N) is 1. The lowest BCUT2D eigenvalue weighted by atomic mass is 10.0. The molecule has 1 aliphatic rings. The molecule has 174 valence electrons. The van der Waals surface area contributed by atoms with Crippen molar-refractivity contribution in [3.63, 3.8) is 0 Å². The van der Waals surface area contributed by atoms with Crippen molar-refractivity contribution in [1.29, 1.82) is 0 Å². The molecule has 3 aromatic rings. The predicted octanol–water partition coefficient (Wildman–Crippen LogP) is 3.43. The van der Waals surface area contributed by atoms with E-state index in [1.807, 2.05) is 17.9 Å². The van der Waals surface area contributed by atoms with Crippen LogP contribution in [0.4, 0.5) is 16.0 Å². The van der Waals surface area contributed by atoms with Crippen LogP contribution in [-0.2, 0) is 11.2 Å². The highest BCUT2D eigenvalue weighted by Crippen LogP contribution is 2.26. The molecule has 2 heterocycles. The van der Waals surface area contributed by atoms with Gasteiger partial charge in [-0.15, -0.1) is 0 Å². The van der Waals surface area contributed by atoms with Crippen molar-refractivity contribution in [2.45, 2.75) is 13.3 Å². The fourth-order valence-corrected chi connectivity index (χ4v) is 4.00. The normalized spacial score (nSPS) is 13.9. The van der Waals surface area contributed by atoms with Crippen molar-refractivity contribution in [3.05, 3.63) is 69.1 Å². The van der Waals surface area contributed by atoms with Crippen LogP contribution in [-0.4, -0.2) is 57.8 Å². The number of nitrogens with zero attached hydrogens (tertiary/aromatic N) is 2. The SMILES string of the molecule is Cc1cc(F)cc(NCCc2cc(C(=O)N(C)C)cc3c(=O)cc(N4CCOCC4)oc23)c1. The van der Waals surface area contributed by atoms with Crippen LogP contribution < -0.4 is 15.6 Å². The standard InChI is InChI=1S/C25H28FN3O4/c1-16-10-19(26)14-20(11-16)27-5-4-17-12-18(25(31)28(2)3)13-21-22(30)15-23(33-24(17)21)29-6-8-32-9-7-29/h10-15,27H,4-9H2,1-3H3. The zero-order valence-electron chi connectivity index (χ0n) is 19.1. The second kappa shape index (κ2) is 9.62. The van der Waals surface area contributed by atoms with Gasteiger partial charge in [0.15, 0.2) is 11.3 Å². The summed E-state index contributed by atoms with van der Waals surface area (Å²) in [6.07, 6.45) is 0.482. The highest BCUT2D eigenvalue weighted by molar-refractivity contribution is 5.98. The number of aryl methyl sites for hydroxylation is 1. The highest BCUT2D eigenvalue weighted by atomic mass is 19.1. The molecular formula is C25H28FN3O4. The van der Waals surface area contributed by atoms with Crippen molar-refractivity contribution >= 4 is 28.4 Å². The summed E-state index contributed by atoms with van der Waals surface area (Å²) in [5.41, 5.74) is 2.94. The Hall–Kier alpha value is -3.39. The number of fused-ring (bicyclic) bond motifs is 1. The first-order chi connectivity index (χ1) is 15.8. The van der Waals surface area contributed by atoms with Gasteiger partial charge in [-0.2, -0.15) is 0 Å². The molecule has 4 rings (SSSR count). The van der Waals surface area contributed by atoms with Crippen molar-refractivity contribution in [2.75, 3.05) is 57.2 Å². The van der Waals surface area contributed by atoms with E-state index >= 15 is 0 Å². The van der Waals surface area contributed by atoms with Crippen molar-refractivity contribution in [1.82, 2.24) is 4.90 Å². The Balaban J connectivity index is 1.70. The maximum atomic E-state index is 13.7. The van der Waals surface area contributed by atoms with Crippen LogP contribution in [0.1, 0.15) is 21.5 Å². The van der Waals surface area contributed by atoms with E-state index in [9.17, 15) is 14.0 Å². The fraction of sp³-hybridized carbons (Fsp3) is 0.360. The third-order valence-corrected chi connectivity index (χ3v) is 5.63. The Labute approximate surface area is 191 Å². The van der Waals surface area contributed by atoms with Crippen LogP contribution in [0.3, 0.4) is 0 Å². The molecular weight excluding hydrogens is 425 g/mol. The fourth-order valence-electron chi connectivity index (χ4n) is 4.00. The minimum Gasteiger partial charge on any atom is -0.440 e. The van der Waals surface area contributed by atoms with E-state index in [-0.39, 0.29) is 17.2 Å². The Morgan fingerprint density at radius 1 is 1.12 bits per heavy atom. The van der Waals surface area contributed by atoms with Crippen molar-refractivity contribution in [3.8, 4) is 0 Å². The number of hydrogen-bond acceptors (Lipinski definition) is 6. The molecule has 1 aliphatic heterocycles. The summed E-state index contributed by atoms with van der Waals surface area (Å²) in [5.74, 6) is 0.00338. The summed E-state index contributed by atoms with van der Waals surface area (Å²) in [7, 11) is 3.34. The van der Waals surface area contributed by atoms with E-state index in [0.717, 1.165) is 11.1 Å². The number of anilines is 2. The molecule has 8 heteroatoms. The average molecular weight is 454 g/mol. The first-order valence-electron chi connectivity index (χ1n) is 11.0. The zero-order valence-corrected chi connectivity index (χ0v) is 19.1. The highest BCUT2D eigenvalue weighted by Gasteiger charge is 2.19. The molecule has 2 aromatic carbocycles. The molecule has 1 fully saturated rings. The molecule has 33 heavy (non-hydrogen) atoms. The zero-order chi connectivity index (χ0) is 23.5. The van der Waals surface area contributed by atoms with Crippen LogP contribution in [0, 0.1) is 12.7 Å². The monoisotopic (exact) mass is 453 g/mol. The van der Waals surface area contributed by atoms with Gasteiger partial charge in [-0.3, -0.25) is 9.59 Å². The number of carbonyl (C=O) groups is 1. The number of ether oxygens (including phenoxy) is 1. The quantitative estimate of drug-likeness (QED) is 0.616. The summed E-state index contributed by atoms with van der Waals surface area (Å²) in [6, 6.07) is 9.62. The van der Waals surface area contributed by atoms with E-state index in [2.05, 4.69) is 5.32 Å². The van der Waals surface area contributed by atoms with Crippen LogP contribution in [0.5, 0.6) is 0 Å². The van der Waals surface area contributed by atoms with Crippen LogP contribution in [0.2, 0.25) is 0 Å². The lowest BCUT2D eigenvalue weighted by Crippen LogP contribution is -2.36. The molecule has 0 radical (unpaired) electrons. The van der Waals surface area contributed by atoms with Gasteiger partial charge in [-0.05, 0) is 54.8 Å². The molecule has 0 aliphatic carbocycles. The van der Waals surface area contributed by atoms with Crippen LogP contribution in [0.25, 0.3) is 11.0 Å². The minimum absolute atomic E-state index is 0.191. The maximum absolute atomic E-state index is 13.7. The molecule has 1 saturated heterocycles. The van der Waals surface area contributed by atoms with E-state index < -0.39 is 0 Å². The maximum Gasteiger partial charge on any atom is 0.253 e. The number of rotatable bonds is 6. The minimum atomic E-state index is -0.303. The van der Waals surface area contributed by atoms with Crippen molar-refractivity contribution < 1.29 is 18.3 Å². The summed E-state index contributed by atoms with van der Waals surface area (Å²) in [5, 5.41) is 3.59. The summed E-state index contributed by atoms with van der Waals surface area (Å²) < 4.78 is 25.3. The number of halogens is 1. The van der Waals surface area contributed by atoms with Crippen LogP contribution in [0.15, 0.2) is 45.6 Å². The molecule has 7 nitrogen and oxygen atoms in total. The van der Waals surface area contributed by atoms with Gasteiger partial charge in [0.2, 0.25) is 0 Å². The largest absolute Gasteiger partial charge is 0.440 e. The molecule has 1 amide bonds. The second-order valence-corrected chi connectivity index (χ2v) is 8.45. The number of benzene rings is 2. The topological polar surface area (TPSA) is 75.0 Å². The van der Waals surface area contributed by atoms with Gasteiger partial charge in [0.1, 0.15) is 11.4 Å². The average Bonchev–Trinajstić information content (AvgIpc) is 2.78. The molecule has 0 atom stereocenters. The third-order valence-electron chi connectivity index (χ3n) is 5.63. The Morgan fingerprint density at radius 2 is 1.88 bits per heavy atom. The Morgan fingerprint density at radius 3 is 2.58 bits per heavy atom. The lowest BCUT2D eigenvalue weighted by molar-refractivity contribution is 0.0827. The van der Waals surface area contributed by atoms with Gasteiger partial charge < -0.3 is 24.3 Å². The molecule has 0 spiro atoms. The second-order valence-electron chi connectivity index (χ2n) is 8.45. The van der Waals surface area contributed by atoms with E-state index in [4.69, 9.17) is 9.15 Å². The third kappa shape index (κ3) is 5.17. The molecule has 1 aromatic heterocycles. The van der Waals surface area contributed by atoms with Crippen LogP contribution >= 0.6 is 0 Å². The van der Waals surface area contributed by atoms with E-state index in [1.54, 1.807) is 26.2 Å². The first-order valence-corrected chi connectivity index (χ1v) is 11.0. The molecule has 1 N–H and O–H groups in total. The van der Waals surface area contributed by atoms with Gasteiger partial charge in [0.25, 0.3) is 5.91 Å². The number of morpholine rings is 1. The Kier molecular flexibility index (Phi) is 6.65. The van der Waals surface area contributed by atoms with Gasteiger partial charge in [0.05, 0.1) is 18.6 Å². The van der Waals surface area contributed by atoms with E-state index in [0.29, 0.717) is 67.4 Å². The van der Waals surface area contributed by atoms with Gasteiger partial charge in [-0.1, -0.05) is 0 Å². The Bertz CT molecular complexity index is 1210. The van der Waals surface area contributed by atoms with Gasteiger partial charge in [0, 0.05) is 51.0 Å². The van der Waals surface area contributed by atoms with Crippen molar-refractivity contribution in [2.24, 2.45) is 0 Å². The van der Waals surface area contributed by atoms with E-state index in [1.165, 1.54) is 23.1 Å². The first kappa shape index (κ1) is 22.8. The number of hydrogen-bond donors (Lipinski definition) is 1.